The molecule has 0 aliphatic rings. The Hall–Kier alpha value is -1.27. The van der Waals surface area contributed by atoms with Crippen LogP contribution in [0.5, 0.6) is 0 Å². The van der Waals surface area contributed by atoms with Gasteiger partial charge in [0.15, 0.2) is 0 Å². The fraction of sp³-hybridized carbons (Fsp3) is 0.545. The van der Waals surface area contributed by atoms with E-state index in [0.29, 0.717) is 5.69 Å². The van der Waals surface area contributed by atoms with Gasteiger partial charge in [0, 0.05) is 20.3 Å². The Labute approximate surface area is 107 Å². The Morgan fingerprint density at radius 3 is 2.76 bits per heavy atom. The second kappa shape index (κ2) is 7.92. The van der Waals surface area contributed by atoms with Gasteiger partial charge in [-0.1, -0.05) is 12.2 Å². The van der Waals surface area contributed by atoms with Crippen molar-refractivity contribution in [2.24, 2.45) is 5.73 Å². The summed E-state index contributed by atoms with van der Waals surface area (Å²) >= 11 is 4.80. The van der Waals surface area contributed by atoms with Crippen molar-refractivity contribution in [1.82, 2.24) is 9.97 Å². The Kier molecular flexibility index (Phi) is 6.42. The first-order chi connectivity index (χ1) is 8.24. The molecule has 0 unspecified atom stereocenters. The molecule has 1 aromatic rings. The maximum absolute atomic E-state index is 5.43. The lowest BCUT2D eigenvalue weighted by atomic mass is 10.2. The SMILES string of the molecule is COCCCCCNc1cnc(C(N)=S)cn1. The minimum absolute atomic E-state index is 0.267. The molecule has 0 fully saturated rings. The zero-order valence-corrected chi connectivity index (χ0v) is 10.8. The highest BCUT2D eigenvalue weighted by atomic mass is 32.1. The van der Waals surface area contributed by atoms with Crippen molar-refractivity contribution in [3.8, 4) is 0 Å². The van der Waals surface area contributed by atoms with Gasteiger partial charge in [0.25, 0.3) is 0 Å². The van der Waals surface area contributed by atoms with Gasteiger partial charge >= 0.3 is 0 Å². The van der Waals surface area contributed by atoms with Gasteiger partial charge < -0.3 is 15.8 Å². The number of aromatic nitrogens is 2. The number of nitrogens with zero attached hydrogens (tertiary/aromatic N) is 2. The van der Waals surface area contributed by atoms with Gasteiger partial charge in [-0.3, -0.25) is 0 Å². The van der Waals surface area contributed by atoms with Crippen molar-refractivity contribution in [3.05, 3.63) is 18.1 Å². The minimum Gasteiger partial charge on any atom is -0.388 e. The molecule has 0 amide bonds. The zero-order valence-electron chi connectivity index (χ0n) is 9.98. The van der Waals surface area contributed by atoms with E-state index in [-0.39, 0.29) is 4.99 Å². The van der Waals surface area contributed by atoms with Crippen LogP contribution in [0.4, 0.5) is 5.82 Å². The molecule has 6 heteroatoms. The third-order valence-corrected chi connectivity index (χ3v) is 2.44. The van der Waals surface area contributed by atoms with Crippen LogP contribution in [0.1, 0.15) is 25.0 Å². The van der Waals surface area contributed by atoms with Gasteiger partial charge in [0.05, 0.1) is 12.4 Å². The highest BCUT2D eigenvalue weighted by molar-refractivity contribution is 7.80. The minimum atomic E-state index is 0.267. The summed E-state index contributed by atoms with van der Waals surface area (Å²) in [5, 5.41) is 3.19. The summed E-state index contributed by atoms with van der Waals surface area (Å²) in [6.45, 7) is 1.70. The predicted molar refractivity (Wildman–Crippen MR) is 72.1 cm³/mol. The second-order valence-electron chi connectivity index (χ2n) is 3.63. The number of hydrogen-bond acceptors (Lipinski definition) is 5. The van der Waals surface area contributed by atoms with Crippen LogP contribution in [0.25, 0.3) is 0 Å². The zero-order chi connectivity index (χ0) is 12.5. The van der Waals surface area contributed by atoms with Crippen molar-refractivity contribution in [2.45, 2.75) is 19.3 Å². The van der Waals surface area contributed by atoms with Crippen molar-refractivity contribution in [2.75, 3.05) is 25.6 Å². The van der Waals surface area contributed by atoms with E-state index >= 15 is 0 Å². The number of rotatable bonds is 8. The van der Waals surface area contributed by atoms with Crippen LogP contribution >= 0.6 is 12.2 Å². The average Bonchev–Trinajstić information content (AvgIpc) is 2.34. The lowest BCUT2D eigenvalue weighted by molar-refractivity contribution is 0.192. The fourth-order valence-corrected chi connectivity index (χ4v) is 1.42. The van der Waals surface area contributed by atoms with Gasteiger partial charge in [0.1, 0.15) is 16.5 Å². The molecule has 94 valence electrons. The first-order valence-corrected chi connectivity index (χ1v) is 5.99. The maximum Gasteiger partial charge on any atom is 0.144 e. The van der Waals surface area contributed by atoms with E-state index < -0.39 is 0 Å². The van der Waals surface area contributed by atoms with Crippen molar-refractivity contribution in [3.63, 3.8) is 0 Å². The quantitative estimate of drug-likeness (QED) is 0.539. The third kappa shape index (κ3) is 5.55. The summed E-state index contributed by atoms with van der Waals surface area (Å²) in [6, 6.07) is 0. The molecule has 0 aliphatic heterocycles. The van der Waals surface area contributed by atoms with Crippen LogP contribution < -0.4 is 11.1 Å². The smallest absolute Gasteiger partial charge is 0.144 e. The lowest BCUT2D eigenvalue weighted by Crippen LogP contribution is -2.12. The number of anilines is 1. The predicted octanol–water partition coefficient (Wildman–Crippen LogP) is 1.34. The number of ether oxygens (including phenoxy) is 1. The normalized spacial score (nSPS) is 10.2. The molecule has 1 heterocycles. The van der Waals surface area contributed by atoms with Crippen molar-refractivity contribution in [1.29, 1.82) is 0 Å². The monoisotopic (exact) mass is 254 g/mol. The van der Waals surface area contributed by atoms with Crippen LogP contribution in [0.2, 0.25) is 0 Å². The number of hydrogen-bond donors (Lipinski definition) is 2. The molecule has 1 rings (SSSR count). The van der Waals surface area contributed by atoms with E-state index in [9.17, 15) is 0 Å². The molecule has 5 nitrogen and oxygen atoms in total. The van der Waals surface area contributed by atoms with Gasteiger partial charge in [-0.15, -0.1) is 0 Å². The molecular weight excluding hydrogens is 236 g/mol. The van der Waals surface area contributed by atoms with E-state index in [0.717, 1.165) is 38.2 Å². The van der Waals surface area contributed by atoms with Gasteiger partial charge in [0.2, 0.25) is 0 Å². The van der Waals surface area contributed by atoms with E-state index in [4.69, 9.17) is 22.7 Å². The largest absolute Gasteiger partial charge is 0.388 e. The number of nitrogens with one attached hydrogen (secondary N) is 1. The Balaban J connectivity index is 2.21. The van der Waals surface area contributed by atoms with Crippen LogP contribution in [0.15, 0.2) is 12.4 Å². The summed E-state index contributed by atoms with van der Waals surface area (Å²) in [5.74, 6) is 0.747. The lowest BCUT2D eigenvalue weighted by Gasteiger charge is -2.05. The summed E-state index contributed by atoms with van der Waals surface area (Å²) < 4.78 is 4.98. The molecule has 0 atom stereocenters. The standard InChI is InChI=1S/C11H18N4OS/c1-16-6-4-2-3-5-13-10-8-14-9(7-15-10)11(12)17/h7-8H,2-6H2,1H3,(H2,12,17)(H,13,15). The van der Waals surface area contributed by atoms with Crippen LogP contribution in [-0.4, -0.2) is 35.2 Å². The molecule has 0 radical (unpaired) electrons. The highest BCUT2D eigenvalue weighted by Crippen LogP contribution is 2.02. The Morgan fingerprint density at radius 2 is 2.18 bits per heavy atom. The van der Waals surface area contributed by atoms with E-state index in [2.05, 4.69) is 15.3 Å². The average molecular weight is 254 g/mol. The van der Waals surface area contributed by atoms with Gasteiger partial charge in [-0.05, 0) is 19.3 Å². The second-order valence-corrected chi connectivity index (χ2v) is 4.07. The summed E-state index contributed by atoms with van der Waals surface area (Å²) in [7, 11) is 1.72. The molecule has 0 saturated carbocycles. The van der Waals surface area contributed by atoms with Crippen LogP contribution in [0.3, 0.4) is 0 Å². The molecule has 0 aliphatic carbocycles. The fourth-order valence-electron chi connectivity index (χ4n) is 1.31. The number of unbranched alkanes of at least 4 members (excludes halogenated alkanes) is 2. The first-order valence-electron chi connectivity index (χ1n) is 5.58. The summed E-state index contributed by atoms with van der Waals surface area (Å²) in [4.78, 5) is 8.53. The Morgan fingerprint density at radius 1 is 1.35 bits per heavy atom. The Bertz CT molecular complexity index is 342. The molecule has 0 spiro atoms. The summed E-state index contributed by atoms with van der Waals surface area (Å²) in [6.07, 6.45) is 6.53. The van der Waals surface area contributed by atoms with Gasteiger partial charge in [-0.2, -0.15) is 0 Å². The number of methoxy groups -OCH3 is 1. The van der Waals surface area contributed by atoms with E-state index in [1.54, 1.807) is 19.5 Å². The molecule has 0 saturated heterocycles. The highest BCUT2D eigenvalue weighted by Gasteiger charge is 1.99. The molecular formula is C11H18N4OS. The summed E-state index contributed by atoms with van der Waals surface area (Å²) in [5.41, 5.74) is 5.98. The molecule has 0 bridgehead atoms. The van der Waals surface area contributed by atoms with Gasteiger partial charge in [-0.25, -0.2) is 9.97 Å². The number of nitrogens with two attached hydrogens (primary N) is 1. The first kappa shape index (κ1) is 13.8. The van der Waals surface area contributed by atoms with E-state index in [1.165, 1.54) is 0 Å². The third-order valence-electron chi connectivity index (χ3n) is 2.24. The maximum atomic E-state index is 5.43. The van der Waals surface area contributed by atoms with Crippen molar-refractivity contribution >= 4 is 23.0 Å². The van der Waals surface area contributed by atoms with Crippen LogP contribution in [0, 0.1) is 0 Å². The molecule has 17 heavy (non-hydrogen) atoms. The van der Waals surface area contributed by atoms with Crippen LogP contribution in [-0.2, 0) is 4.74 Å². The molecule has 3 N–H and O–H groups in total. The van der Waals surface area contributed by atoms with E-state index in [1.807, 2.05) is 0 Å². The molecule has 1 aromatic heterocycles. The number of thiocarbonyl (C=S) groups is 1. The van der Waals surface area contributed by atoms with Crippen molar-refractivity contribution < 1.29 is 4.74 Å². The molecule has 0 aromatic carbocycles. The topological polar surface area (TPSA) is 73.1 Å².